The maximum Gasteiger partial charge on any atom is 0.246 e. The summed E-state index contributed by atoms with van der Waals surface area (Å²) < 4.78 is 2.32. The first-order chi connectivity index (χ1) is 9.38. The molecule has 3 N–H and O–H groups in total. The maximum absolute atomic E-state index is 12.0. The van der Waals surface area contributed by atoms with Crippen LogP contribution in [0.2, 0.25) is 5.02 Å². The van der Waals surface area contributed by atoms with E-state index in [1.54, 1.807) is 22.9 Å². The molecule has 0 aliphatic carbocycles. The van der Waals surface area contributed by atoms with Crippen molar-refractivity contribution in [3.05, 3.63) is 39.1 Å². The van der Waals surface area contributed by atoms with Gasteiger partial charge in [0.15, 0.2) is 0 Å². The lowest BCUT2D eigenvalue weighted by atomic mass is 10.3. The molecule has 0 saturated heterocycles. The third-order valence-corrected chi connectivity index (χ3v) is 3.83. The van der Waals surface area contributed by atoms with Crippen molar-refractivity contribution in [2.45, 2.75) is 20.4 Å². The molecule has 0 radical (unpaired) electrons. The molecule has 0 aliphatic rings. The Kier molecular flexibility index (Phi) is 4.35. The number of nitrogens with one attached hydrogen (secondary N) is 1. The zero-order chi connectivity index (χ0) is 14.9. The minimum atomic E-state index is -0.182. The SMILES string of the molecule is Cc1nn(CC(=O)Nc2ccc(Cl)cc2Br)c(C)c1N. The molecule has 1 aromatic heterocycles. The molecule has 0 aliphatic heterocycles. The number of amides is 1. The Balaban J connectivity index is 2.11. The van der Waals surface area contributed by atoms with Crippen molar-refractivity contribution in [2.24, 2.45) is 0 Å². The lowest BCUT2D eigenvalue weighted by molar-refractivity contribution is -0.116. The Morgan fingerprint density at radius 2 is 2.20 bits per heavy atom. The average Bonchev–Trinajstić information content (AvgIpc) is 2.61. The molecular formula is C13H14BrClN4O. The number of aryl methyl sites for hydroxylation is 1. The fourth-order valence-electron chi connectivity index (χ4n) is 1.78. The minimum absolute atomic E-state index is 0.110. The molecule has 0 bridgehead atoms. The summed E-state index contributed by atoms with van der Waals surface area (Å²) in [5, 5.41) is 7.62. The number of nitrogen functional groups attached to an aromatic ring is 1. The summed E-state index contributed by atoms with van der Waals surface area (Å²) in [6.45, 7) is 3.76. The standard InChI is InChI=1S/C13H14BrClN4O/c1-7-13(16)8(2)19(18-7)6-12(20)17-11-4-3-9(15)5-10(11)14/h3-5H,6,16H2,1-2H3,(H,17,20). The topological polar surface area (TPSA) is 72.9 Å². The molecule has 1 amide bonds. The van der Waals surface area contributed by atoms with Gasteiger partial charge in [0.05, 0.1) is 22.8 Å². The first-order valence-electron chi connectivity index (χ1n) is 5.93. The molecule has 0 saturated carbocycles. The molecule has 2 aromatic rings. The van der Waals surface area contributed by atoms with Gasteiger partial charge in [-0.2, -0.15) is 5.10 Å². The van der Waals surface area contributed by atoms with Crippen LogP contribution < -0.4 is 11.1 Å². The van der Waals surface area contributed by atoms with Crippen molar-refractivity contribution in [1.29, 1.82) is 0 Å². The number of hydrogen-bond acceptors (Lipinski definition) is 3. The lowest BCUT2D eigenvalue weighted by Gasteiger charge is -2.08. The molecule has 7 heteroatoms. The van der Waals surface area contributed by atoms with Crippen LogP contribution in [-0.4, -0.2) is 15.7 Å². The van der Waals surface area contributed by atoms with Gasteiger partial charge in [-0.3, -0.25) is 9.48 Å². The van der Waals surface area contributed by atoms with Crippen molar-refractivity contribution in [3.63, 3.8) is 0 Å². The predicted molar refractivity (Wildman–Crippen MR) is 83.9 cm³/mol. The highest BCUT2D eigenvalue weighted by atomic mass is 79.9. The van der Waals surface area contributed by atoms with Crippen molar-refractivity contribution < 1.29 is 4.79 Å². The Morgan fingerprint density at radius 3 is 2.75 bits per heavy atom. The number of anilines is 2. The third kappa shape index (κ3) is 3.13. The molecule has 2 rings (SSSR count). The molecule has 20 heavy (non-hydrogen) atoms. The van der Waals surface area contributed by atoms with E-state index in [2.05, 4.69) is 26.3 Å². The van der Waals surface area contributed by atoms with Crippen LogP contribution in [-0.2, 0) is 11.3 Å². The molecule has 0 fully saturated rings. The van der Waals surface area contributed by atoms with Crippen LogP contribution in [0.15, 0.2) is 22.7 Å². The van der Waals surface area contributed by atoms with Crippen molar-refractivity contribution in [1.82, 2.24) is 9.78 Å². The number of carbonyl (C=O) groups is 1. The Morgan fingerprint density at radius 1 is 1.50 bits per heavy atom. The molecule has 1 heterocycles. The van der Waals surface area contributed by atoms with Gasteiger partial charge in [-0.25, -0.2) is 0 Å². The zero-order valence-corrected chi connectivity index (χ0v) is 13.4. The van der Waals surface area contributed by atoms with Crippen LogP contribution in [0.3, 0.4) is 0 Å². The highest BCUT2D eigenvalue weighted by Crippen LogP contribution is 2.26. The summed E-state index contributed by atoms with van der Waals surface area (Å²) in [7, 11) is 0. The fourth-order valence-corrected chi connectivity index (χ4v) is 2.56. The van der Waals surface area contributed by atoms with E-state index in [9.17, 15) is 4.79 Å². The minimum Gasteiger partial charge on any atom is -0.396 e. The van der Waals surface area contributed by atoms with Gasteiger partial charge in [0.25, 0.3) is 0 Å². The monoisotopic (exact) mass is 356 g/mol. The van der Waals surface area contributed by atoms with Crippen molar-refractivity contribution in [3.8, 4) is 0 Å². The molecule has 0 spiro atoms. The van der Waals surface area contributed by atoms with Gasteiger partial charge >= 0.3 is 0 Å². The van der Waals surface area contributed by atoms with Crippen LogP contribution >= 0.6 is 27.5 Å². The molecule has 106 valence electrons. The fraction of sp³-hybridized carbons (Fsp3) is 0.231. The van der Waals surface area contributed by atoms with E-state index in [4.69, 9.17) is 17.3 Å². The van der Waals surface area contributed by atoms with E-state index in [1.165, 1.54) is 0 Å². The molecule has 5 nitrogen and oxygen atoms in total. The Bertz CT molecular complexity index is 669. The number of nitrogens with zero attached hydrogens (tertiary/aromatic N) is 2. The van der Waals surface area contributed by atoms with Gasteiger partial charge in [0, 0.05) is 9.50 Å². The summed E-state index contributed by atoms with van der Waals surface area (Å²) >= 11 is 9.20. The second-order valence-electron chi connectivity index (χ2n) is 4.41. The van der Waals surface area contributed by atoms with E-state index in [0.29, 0.717) is 16.4 Å². The largest absolute Gasteiger partial charge is 0.396 e. The first kappa shape index (κ1) is 14.9. The normalized spacial score (nSPS) is 10.6. The lowest BCUT2D eigenvalue weighted by Crippen LogP contribution is -2.20. The molecule has 0 unspecified atom stereocenters. The predicted octanol–water partition coefficient (Wildman–Crippen LogP) is 3.14. The summed E-state index contributed by atoms with van der Waals surface area (Å²) in [6.07, 6.45) is 0. The average molecular weight is 358 g/mol. The third-order valence-electron chi connectivity index (χ3n) is 2.94. The van der Waals surface area contributed by atoms with Gasteiger partial charge < -0.3 is 11.1 Å². The Labute approximate surface area is 130 Å². The first-order valence-corrected chi connectivity index (χ1v) is 7.10. The van der Waals surface area contributed by atoms with E-state index in [0.717, 1.165) is 15.9 Å². The van der Waals surface area contributed by atoms with E-state index < -0.39 is 0 Å². The number of nitrogens with two attached hydrogens (primary N) is 1. The van der Waals surface area contributed by atoms with Crippen LogP contribution in [0.5, 0.6) is 0 Å². The number of rotatable bonds is 3. The summed E-state index contributed by atoms with van der Waals surface area (Å²) in [6, 6.07) is 5.17. The second kappa shape index (κ2) is 5.85. The second-order valence-corrected chi connectivity index (χ2v) is 5.71. The molecule has 0 atom stereocenters. The van der Waals surface area contributed by atoms with E-state index in [-0.39, 0.29) is 12.5 Å². The summed E-state index contributed by atoms with van der Waals surface area (Å²) in [5.41, 5.74) is 8.62. The van der Waals surface area contributed by atoms with Gasteiger partial charge in [-0.15, -0.1) is 0 Å². The number of halogens is 2. The Hall–Kier alpha value is -1.53. The van der Waals surface area contributed by atoms with Gasteiger partial charge in [0.2, 0.25) is 5.91 Å². The van der Waals surface area contributed by atoms with Gasteiger partial charge in [-0.1, -0.05) is 11.6 Å². The van der Waals surface area contributed by atoms with Crippen LogP contribution in [0, 0.1) is 13.8 Å². The number of carbonyl (C=O) groups excluding carboxylic acids is 1. The molecule has 1 aromatic carbocycles. The van der Waals surface area contributed by atoms with Crippen molar-refractivity contribution in [2.75, 3.05) is 11.1 Å². The molecular weight excluding hydrogens is 344 g/mol. The van der Waals surface area contributed by atoms with Gasteiger partial charge in [-0.05, 0) is 48.0 Å². The van der Waals surface area contributed by atoms with Crippen LogP contribution in [0.25, 0.3) is 0 Å². The summed E-state index contributed by atoms with van der Waals surface area (Å²) in [5.74, 6) is -0.182. The zero-order valence-electron chi connectivity index (χ0n) is 11.1. The van der Waals surface area contributed by atoms with E-state index >= 15 is 0 Å². The van der Waals surface area contributed by atoms with Crippen LogP contribution in [0.1, 0.15) is 11.4 Å². The highest BCUT2D eigenvalue weighted by molar-refractivity contribution is 9.10. The van der Waals surface area contributed by atoms with E-state index in [1.807, 2.05) is 13.8 Å². The highest BCUT2D eigenvalue weighted by Gasteiger charge is 2.12. The maximum atomic E-state index is 12.0. The number of hydrogen-bond donors (Lipinski definition) is 2. The van der Waals surface area contributed by atoms with Gasteiger partial charge in [0.1, 0.15) is 6.54 Å². The quantitative estimate of drug-likeness (QED) is 0.886. The number of aromatic nitrogens is 2. The van der Waals surface area contributed by atoms with Crippen LogP contribution in [0.4, 0.5) is 11.4 Å². The smallest absolute Gasteiger partial charge is 0.246 e. The van der Waals surface area contributed by atoms with Crippen molar-refractivity contribution >= 4 is 44.8 Å². The summed E-state index contributed by atoms with van der Waals surface area (Å²) in [4.78, 5) is 12.0. The number of benzene rings is 1.